The average molecular weight is 276 g/mol. The average Bonchev–Trinajstić information content (AvgIpc) is 2.39. The molecule has 5 nitrogen and oxygen atoms in total. The van der Waals surface area contributed by atoms with Gasteiger partial charge in [0.05, 0.1) is 4.92 Å². The van der Waals surface area contributed by atoms with E-state index in [1.165, 1.54) is 0 Å². The Hall–Kier alpha value is -0.910. The van der Waals surface area contributed by atoms with Gasteiger partial charge in [-0.15, -0.1) is 0 Å². The maximum absolute atomic E-state index is 10.9. The monoisotopic (exact) mass is 275 g/mol. The molecule has 0 aromatic carbocycles. The van der Waals surface area contributed by atoms with E-state index in [0.717, 1.165) is 0 Å². The van der Waals surface area contributed by atoms with Crippen LogP contribution in [0.3, 0.4) is 0 Å². The van der Waals surface area contributed by atoms with Crippen LogP contribution in [0.1, 0.15) is 31.2 Å². The molecule has 84 valence electrons. The summed E-state index contributed by atoms with van der Waals surface area (Å²) in [6.45, 7) is 5.58. The Balaban J connectivity index is 3.32. The third-order valence-corrected chi connectivity index (χ3v) is 3.33. The summed E-state index contributed by atoms with van der Waals surface area (Å²) in [5, 5.41) is 15.0. The van der Waals surface area contributed by atoms with Gasteiger partial charge in [-0.2, -0.15) is 5.10 Å². The molecule has 0 amide bonds. The van der Waals surface area contributed by atoms with E-state index in [4.69, 9.17) is 0 Å². The Kier molecular flexibility index (Phi) is 3.49. The first-order valence-corrected chi connectivity index (χ1v) is 5.59. The molecule has 1 heterocycles. The molecular formula is C9H14BrN3O2. The van der Waals surface area contributed by atoms with Crippen LogP contribution in [0, 0.1) is 17.0 Å². The van der Waals surface area contributed by atoms with E-state index in [1.54, 1.807) is 18.7 Å². The molecule has 0 fully saturated rings. The Labute approximate surface area is 96.7 Å². The lowest BCUT2D eigenvalue weighted by atomic mass is 10.0. The molecule has 2 unspecified atom stereocenters. The molecule has 15 heavy (non-hydrogen) atoms. The van der Waals surface area contributed by atoms with Crippen molar-refractivity contribution in [3.8, 4) is 0 Å². The van der Waals surface area contributed by atoms with Crippen LogP contribution >= 0.6 is 15.9 Å². The number of hydrogen-bond acceptors (Lipinski definition) is 3. The van der Waals surface area contributed by atoms with Gasteiger partial charge in [0.15, 0.2) is 0 Å². The lowest BCUT2D eigenvalue weighted by Crippen LogP contribution is -2.11. The summed E-state index contributed by atoms with van der Waals surface area (Å²) in [6, 6.07) is 0. The Bertz CT molecular complexity index is 387. The van der Waals surface area contributed by atoms with Gasteiger partial charge in [0.2, 0.25) is 0 Å². The third-order valence-electron chi connectivity index (χ3n) is 2.54. The zero-order chi connectivity index (χ0) is 11.7. The van der Waals surface area contributed by atoms with E-state index < -0.39 is 0 Å². The zero-order valence-corrected chi connectivity index (χ0v) is 10.8. The number of alkyl halides is 1. The highest BCUT2D eigenvalue weighted by Crippen LogP contribution is 2.33. The van der Waals surface area contributed by atoms with Crippen LogP contribution in [0.5, 0.6) is 0 Å². The summed E-state index contributed by atoms with van der Waals surface area (Å²) in [4.78, 5) is 10.7. The third kappa shape index (κ3) is 2.19. The molecule has 0 bridgehead atoms. The molecule has 1 aromatic rings. The summed E-state index contributed by atoms with van der Waals surface area (Å²) in [6.07, 6.45) is 0. The van der Waals surface area contributed by atoms with Gasteiger partial charge in [-0.3, -0.25) is 14.8 Å². The fourth-order valence-electron chi connectivity index (χ4n) is 1.62. The van der Waals surface area contributed by atoms with Crippen molar-refractivity contribution in [1.29, 1.82) is 0 Å². The second-order valence-electron chi connectivity index (χ2n) is 3.67. The minimum atomic E-state index is -0.358. The molecule has 0 saturated heterocycles. The quantitative estimate of drug-likeness (QED) is 0.484. The summed E-state index contributed by atoms with van der Waals surface area (Å²) in [5.41, 5.74) is 1.27. The highest BCUT2D eigenvalue weighted by molar-refractivity contribution is 9.09. The molecule has 6 heteroatoms. The van der Waals surface area contributed by atoms with E-state index >= 15 is 0 Å². The number of hydrogen-bond donors (Lipinski definition) is 0. The number of halogens is 1. The largest absolute Gasteiger partial charge is 0.313 e. The van der Waals surface area contributed by atoms with Gasteiger partial charge in [0.1, 0.15) is 11.4 Å². The highest BCUT2D eigenvalue weighted by Gasteiger charge is 2.29. The lowest BCUT2D eigenvalue weighted by molar-refractivity contribution is -0.386. The van der Waals surface area contributed by atoms with Crippen LogP contribution in [0.25, 0.3) is 0 Å². The number of aromatic nitrogens is 2. The predicted molar refractivity (Wildman–Crippen MR) is 61.4 cm³/mol. The van der Waals surface area contributed by atoms with Crippen LogP contribution in [0.15, 0.2) is 0 Å². The predicted octanol–water partition coefficient (Wildman–Crippen LogP) is 2.52. The summed E-state index contributed by atoms with van der Waals surface area (Å²) in [7, 11) is 1.74. The van der Waals surface area contributed by atoms with Gasteiger partial charge in [0.25, 0.3) is 0 Å². The minimum absolute atomic E-state index is 0.0524. The van der Waals surface area contributed by atoms with Gasteiger partial charge >= 0.3 is 5.69 Å². The molecule has 0 aliphatic carbocycles. The van der Waals surface area contributed by atoms with Gasteiger partial charge in [-0.1, -0.05) is 29.8 Å². The van der Waals surface area contributed by atoms with E-state index in [-0.39, 0.29) is 21.4 Å². The van der Waals surface area contributed by atoms with Crippen molar-refractivity contribution in [1.82, 2.24) is 9.78 Å². The second kappa shape index (κ2) is 4.30. The smallest absolute Gasteiger partial charge is 0.265 e. The number of nitrogens with zero attached hydrogens (tertiary/aromatic N) is 3. The van der Waals surface area contributed by atoms with E-state index in [9.17, 15) is 10.1 Å². The lowest BCUT2D eigenvalue weighted by Gasteiger charge is -2.13. The summed E-state index contributed by atoms with van der Waals surface area (Å²) < 4.78 is 1.59. The topological polar surface area (TPSA) is 61.0 Å². The van der Waals surface area contributed by atoms with Crippen LogP contribution in [0.4, 0.5) is 5.69 Å². The van der Waals surface area contributed by atoms with Crippen molar-refractivity contribution < 1.29 is 4.92 Å². The fraction of sp³-hybridized carbons (Fsp3) is 0.667. The normalized spacial score (nSPS) is 15.0. The molecule has 0 aliphatic heterocycles. The first kappa shape index (κ1) is 12.2. The number of nitro groups is 1. The molecule has 0 saturated carbocycles. The van der Waals surface area contributed by atoms with Gasteiger partial charge < -0.3 is 0 Å². The molecule has 1 rings (SSSR count). The Morgan fingerprint density at radius 2 is 2.07 bits per heavy atom. The summed E-state index contributed by atoms with van der Waals surface area (Å²) >= 11 is 3.44. The van der Waals surface area contributed by atoms with Crippen LogP contribution in [-0.4, -0.2) is 19.5 Å². The standard InChI is InChI=1S/C9H14BrN3O2/c1-5(6(2)10)8-9(13(14)15)7(3)11-12(8)4/h5-6H,1-4H3. The summed E-state index contributed by atoms with van der Waals surface area (Å²) in [5.74, 6) is 0.0524. The van der Waals surface area contributed by atoms with Crippen molar-refractivity contribution >= 4 is 21.6 Å². The van der Waals surface area contributed by atoms with Gasteiger partial charge in [-0.05, 0) is 6.92 Å². The van der Waals surface area contributed by atoms with Crippen LogP contribution in [0.2, 0.25) is 0 Å². The first-order valence-electron chi connectivity index (χ1n) is 4.68. The first-order chi connectivity index (χ1) is 6.86. The molecule has 1 aromatic heterocycles. The van der Waals surface area contributed by atoms with E-state index in [1.807, 2.05) is 13.8 Å². The van der Waals surface area contributed by atoms with Crippen molar-refractivity contribution in [2.75, 3.05) is 0 Å². The maximum atomic E-state index is 10.9. The molecule has 0 radical (unpaired) electrons. The van der Waals surface area contributed by atoms with Crippen LogP contribution < -0.4 is 0 Å². The molecule has 0 N–H and O–H groups in total. The number of rotatable bonds is 3. The van der Waals surface area contributed by atoms with Gasteiger partial charge in [-0.25, -0.2) is 0 Å². The van der Waals surface area contributed by atoms with Crippen molar-refractivity contribution in [2.45, 2.75) is 31.5 Å². The van der Waals surface area contributed by atoms with Crippen LogP contribution in [-0.2, 0) is 7.05 Å². The maximum Gasteiger partial charge on any atom is 0.313 e. The van der Waals surface area contributed by atoms with E-state index in [2.05, 4.69) is 21.0 Å². The van der Waals surface area contributed by atoms with Crippen molar-refractivity contribution in [3.63, 3.8) is 0 Å². The SMILES string of the molecule is Cc1nn(C)c(C(C)C(C)Br)c1[N+](=O)[O-]. The molecule has 2 atom stereocenters. The van der Waals surface area contributed by atoms with Crippen molar-refractivity contribution in [2.24, 2.45) is 7.05 Å². The van der Waals surface area contributed by atoms with Gasteiger partial charge in [0, 0.05) is 17.8 Å². The Morgan fingerprint density at radius 3 is 2.47 bits per heavy atom. The molecule has 0 spiro atoms. The van der Waals surface area contributed by atoms with E-state index in [0.29, 0.717) is 11.4 Å². The minimum Gasteiger partial charge on any atom is -0.265 e. The van der Waals surface area contributed by atoms with Crippen molar-refractivity contribution in [3.05, 3.63) is 21.5 Å². The number of aryl methyl sites for hydroxylation is 2. The molecular weight excluding hydrogens is 262 g/mol. The second-order valence-corrected chi connectivity index (χ2v) is 5.11. The highest BCUT2D eigenvalue weighted by atomic mass is 79.9. The molecule has 0 aliphatic rings. The zero-order valence-electron chi connectivity index (χ0n) is 9.19. The fourth-order valence-corrected chi connectivity index (χ4v) is 1.87. The Morgan fingerprint density at radius 1 is 1.53 bits per heavy atom.